The lowest BCUT2D eigenvalue weighted by atomic mass is 9.86. The Morgan fingerprint density at radius 3 is 2.27 bits per heavy atom. The topological polar surface area (TPSA) is 195 Å². The number of H-pyrrole nitrogens is 1. The maximum absolute atomic E-state index is 13.8. The molecular weight excluding hydrogens is 442 g/mol. The van der Waals surface area contributed by atoms with E-state index in [9.17, 15) is 49.0 Å². The van der Waals surface area contributed by atoms with Gasteiger partial charge in [0.05, 0.1) is 6.61 Å². The number of halogens is 3. The molecule has 2 unspecified atom stereocenters. The Balaban J connectivity index is 2.28. The van der Waals surface area contributed by atoms with E-state index in [1.807, 2.05) is 0 Å². The number of aliphatic hydroxyl groups is 6. The van der Waals surface area contributed by atoms with E-state index in [0.717, 1.165) is 6.07 Å². The van der Waals surface area contributed by atoms with Crippen LogP contribution in [0, 0.1) is 0 Å². The summed E-state index contributed by atoms with van der Waals surface area (Å²) < 4.78 is 38.4. The lowest BCUT2D eigenvalue weighted by molar-refractivity contribution is -0.316. The van der Waals surface area contributed by atoms with Crippen LogP contribution in [0.1, 0.15) is 0 Å². The summed E-state index contributed by atoms with van der Waals surface area (Å²) >= 11 is 5.78. The zero-order chi connectivity index (χ0) is 22.6. The van der Waals surface area contributed by atoms with Gasteiger partial charge in [0.25, 0.3) is 12.0 Å². The van der Waals surface area contributed by atoms with Gasteiger partial charge in [-0.25, -0.2) is 13.6 Å². The Labute approximate surface area is 170 Å². The summed E-state index contributed by atoms with van der Waals surface area (Å²) in [7, 11) is 0. The van der Waals surface area contributed by atoms with E-state index in [1.165, 1.54) is 0 Å². The summed E-state index contributed by atoms with van der Waals surface area (Å²) in [4.78, 5) is 25.6. The minimum absolute atomic E-state index is 0.351. The summed E-state index contributed by atoms with van der Waals surface area (Å²) in [6, 6.07) is 0.742. The summed E-state index contributed by atoms with van der Waals surface area (Å²) in [6.07, 6.45) is -16.2. The molecule has 0 saturated carbocycles. The molecule has 0 aromatic carbocycles. The fourth-order valence-electron chi connectivity index (χ4n) is 3.71. The Morgan fingerprint density at radius 1 is 1.13 bits per heavy atom. The predicted octanol–water partition coefficient (Wildman–Crippen LogP) is -4.02. The molecule has 0 amide bonds. The first kappa shape index (κ1) is 23.2. The number of aliphatic hydroxyl groups excluding tert-OH is 6. The van der Waals surface area contributed by atoms with Crippen LogP contribution in [-0.4, -0.2) is 101 Å². The van der Waals surface area contributed by atoms with E-state index in [4.69, 9.17) is 21.1 Å². The molecule has 0 radical (unpaired) electrons. The molecule has 7 N–H and O–H groups in total. The largest absolute Gasteiger partial charge is 0.393 e. The molecule has 2 fully saturated rings. The molecule has 0 aliphatic carbocycles. The number of ether oxygens (including phenoxy) is 2. The van der Waals surface area contributed by atoms with E-state index < -0.39 is 77.8 Å². The van der Waals surface area contributed by atoms with E-state index in [2.05, 4.69) is 0 Å². The molecule has 3 heterocycles. The van der Waals surface area contributed by atoms with Crippen LogP contribution in [0.4, 0.5) is 8.78 Å². The molecule has 15 heteroatoms. The third-order valence-electron chi connectivity index (χ3n) is 5.36. The van der Waals surface area contributed by atoms with Crippen LogP contribution in [0.2, 0.25) is 0 Å². The third-order valence-corrected chi connectivity index (χ3v) is 5.72. The second-order valence-corrected chi connectivity index (χ2v) is 7.45. The standard InChI is InChI=1S/C15H19ClF2N2O10/c16-11-7(25)5(23)6(24)10(29-11)15(20-2-1-4(22)19-13(20)28)9(27)8(26)14(3-21,30-15)12(17)18/h1-2,5-12,21,23-27H,3H2,(H,19,22,28)/t5-,6-,7+,8+,9-,10?,11?,14-,15+/m1/s1. The first-order valence-electron chi connectivity index (χ1n) is 8.55. The Kier molecular flexibility index (Phi) is 6.09. The second kappa shape index (κ2) is 7.89. The van der Waals surface area contributed by atoms with Crippen molar-refractivity contribution in [2.75, 3.05) is 6.61 Å². The van der Waals surface area contributed by atoms with Crippen molar-refractivity contribution in [1.29, 1.82) is 0 Å². The normalized spacial score (nSPS) is 44.5. The van der Waals surface area contributed by atoms with E-state index in [0.29, 0.717) is 10.8 Å². The average Bonchev–Trinajstić information content (AvgIpc) is 2.92. The zero-order valence-corrected chi connectivity index (χ0v) is 15.6. The first-order chi connectivity index (χ1) is 13.9. The van der Waals surface area contributed by atoms with Gasteiger partial charge in [-0.15, -0.1) is 0 Å². The zero-order valence-electron chi connectivity index (χ0n) is 14.9. The summed E-state index contributed by atoms with van der Waals surface area (Å²) in [6.45, 7) is -1.54. The van der Waals surface area contributed by atoms with Crippen LogP contribution in [-0.2, 0) is 15.2 Å². The molecule has 30 heavy (non-hydrogen) atoms. The van der Waals surface area contributed by atoms with Crippen LogP contribution in [0.5, 0.6) is 0 Å². The Bertz CT molecular complexity index is 901. The maximum Gasteiger partial charge on any atom is 0.330 e. The summed E-state index contributed by atoms with van der Waals surface area (Å²) in [5.41, 5.74) is -10.1. The van der Waals surface area contributed by atoms with Gasteiger partial charge in [0.2, 0.25) is 5.72 Å². The van der Waals surface area contributed by atoms with Gasteiger partial charge in [-0.1, -0.05) is 11.6 Å². The van der Waals surface area contributed by atoms with Gasteiger partial charge < -0.3 is 40.1 Å². The van der Waals surface area contributed by atoms with E-state index in [-0.39, 0.29) is 0 Å². The van der Waals surface area contributed by atoms with Crippen molar-refractivity contribution >= 4 is 11.6 Å². The van der Waals surface area contributed by atoms with Crippen molar-refractivity contribution in [2.24, 2.45) is 0 Å². The Morgan fingerprint density at radius 2 is 1.77 bits per heavy atom. The SMILES string of the molecule is O=c1ccn([C@]2(C3OC(Cl)[C@@H](O)[C@H](O)[C@H]3O)O[C@@](CO)(C(F)F)[C@@H](O)[C@H]2O)c(=O)[nH]1. The lowest BCUT2D eigenvalue weighted by Gasteiger charge is -2.47. The van der Waals surface area contributed by atoms with Crippen molar-refractivity contribution in [1.82, 2.24) is 9.55 Å². The number of aromatic nitrogens is 2. The highest BCUT2D eigenvalue weighted by molar-refractivity contribution is 6.20. The number of hydrogen-bond acceptors (Lipinski definition) is 10. The van der Waals surface area contributed by atoms with E-state index in [1.54, 1.807) is 4.98 Å². The van der Waals surface area contributed by atoms with Crippen molar-refractivity contribution < 1.29 is 48.9 Å². The molecule has 0 spiro atoms. The number of nitrogens with zero attached hydrogens (tertiary/aromatic N) is 1. The number of aromatic amines is 1. The van der Waals surface area contributed by atoms with Gasteiger partial charge in [0.15, 0.2) is 11.2 Å². The number of hydrogen-bond donors (Lipinski definition) is 7. The van der Waals surface area contributed by atoms with Gasteiger partial charge in [-0.3, -0.25) is 14.3 Å². The molecular formula is C15H19ClF2N2O10. The minimum atomic E-state index is -3.62. The van der Waals surface area contributed by atoms with Crippen LogP contribution in [0.15, 0.2) is 21.9 Å². The molecule has 1 aromatic rings. The van der Waals surface area contributed by atoms with Crippen LogP contribution < -0.4 is 11.2 Å². The molecule has 1 aromatic heterocycles. The molecule has 9 atom stereocenters. The predicted molar refractivity (Wildman–Crippen MR) is 90.8 cm³/mol. The highest BCUT2D eigenvalue weighted by Crippen LogP contribution is 2.49. The second-order valence-electron chi connectivity index (χ2n) is 7.02. The molecule has 3 rings (SSSR count). The number of rotatable bonds is 4. The molecule has 2 aliphatic rings. The van der Waals surface area contributed by atoms with Crippen molar-refractivity contribution in [3.8, 4) is 0 Å². The molecule has 12 nitrogen and oxygen atoms in total. The van der Waals surface area contributed by atoms with Crippen molar-refractivity contribution in [2.45, 2.75) is 59.9 Å². The first-order valence-corrected chi connectivity index (χ1v) is 8.99. The summed E-state index contributed by atoms with van der Waals surface area (Å²) in [5.74, 6) is 0. The fraction of sp³-hybridized carbons (Fsp3) is 0.733. The van der Waals surface area contributed by atoms with Gasteiger partial charge in [0, 0.05) is 12.3 Å². The van der Waals surface area contributed by atoms with Crippen LogP contribution in [0.25, 0.3) is 0 Å². The smallest absolute Gasteiger partial charge is 0.330 e. The van der Waals surface area contributed by atoms with Crippen LogP contribution >= 0.6 is 11.6 Å². The van der Waals surface area contributed by atoms with Gasteiger partial charge in [-0.2, -0.15) is 0 Å². The van der Waals surface area contributed by atoms with E-state index >= 15 is 0 Å². The quantitative estimate of drug-likeness (QED) is 0.217. The summed E-state index contributed by atoms with van der Waals surface area (Å²) in [5, 5.41) is 60.9. The average molecular weight is 461 g/mol. The third kappa shape index (κ3) is 3.11. The molecule has 170 valence electrons. The maximum atomic E-state index is 13.8. The highest BCUT2D eigenvalue weighted by Gasteiger charge is 2.72. The number of nitrogens with one attached hydrogen (secondary N) is 1. The van der Waals surface area contributed by atoms with Gasteiger partial charge >= 0.3 is 5.69 Å². The molecule has 2 aliphatic heterocycles. The van der Waals surface area contributed by atoms with Crippen LogP contribution in [0.3, 0.4) is 0 Å². The molecule has 2 saturated heterocycles. The van der Waals surface area contributed by atoms with Gasteiger partial charge in [0.1, 0.15) is 36.6 Å². The van der Waals surface area contributed by atoms with Crippen molar-refractivity contribution in [3.63, 3.8) is 0 Å². The minimum Gasteiger partial charge on any atom is -0.393 e. The fourth-order valence-corrected chi connectivity index (χ4v) is 3.97. The van der Waals surface area contributed by atoms with Gasteiger partial charge in [-0.05, 0) is 0 Å². The number of alkyl halides is 3. The molecule has 0 bridgehead atoms. The highest BCUT2D eigenvalue weighted by atomic mass is 35.5. The monoisotopic (exact) mass is 460 g/mol. The lowest BCUT2D eigenvalue weighted by Crippen LogP contribution is -2.68. The Hall–Kier alpha value is -1.49. The van der Waals surface area contributed by atoms with Crippen molar-refractivity contribution in [3.05, 3.63) is 33.1 Å².